The minimum absolute atomic E-state index is 0.0215. The molecule has 0 radical (unpaired) electrons. The van der Waals surface area contributed by atoms with Crippen LogP contribution in [0.5, 0.6) is 0 Å². The number of anilines is 1. The van der Waals surface area contributed by atoms with Gasteiger partial charge in [-0.05, 0) is 73.6 Å². The number of amides is 1. The Bertz CT molecular complexity index is 1160. The number of nitrogen functional groups attached to an aromatic ring is 1. The molecule has 2 atom stereocenters. The van der Waals surface area contributed by atoms with E-state index in [0.717, 1.165) is 61.3 Å². The summed E-state index contributed by atoms with van der Waals surface area (Å²) in [6, 6.07) is 12.7. The summed E-state index contributed by atoms with van der Waals surface area (Å²) in [6.45, 7) is 5.70. The van der Waals surface area contributed by atoms with Crippen molar-refractivity contribution in [2.24, 2.45) is 5.92 Å². The van der Waals surface area contributed by atoms with Crippen LogP contribution in [0.15, 0.2) is 36.4 Å². The maximum atomic E-state index is 13.3. The van der Waals surface area contributed by atoms with E-state index in [2.05, 4.69) is 40.7 Å². The molecule has 2 unspecified atom stereocenters. The molecule has 1 amide bonds. The van der Waals surface area contributed by atoms with E-state index in [9.17, 15) is 9.90 Å². The maximum Gasteiger partial charge on any atom is 0.226 e. The van der Waals surface area contributed by atoms with Crippen LogP contribution in [0.3, 0.4) is 0 Å². The molecule has 1 aliphatic carbocycles. The SMILES string of the molecule is Cc1ccc2c(c1)nc(C(C)CO)n2C1CCN(C(=O)C2Cc3ccc(N)cc3C2)CC1. The third-order valence-electron chi connectivity index (χ3n) is 7.24. The Morgan fingerprint density at radius 3 is 2.66 bits per heavy atom. The molecule has 1 saturated heterocycles. The Labute approximate surface area is 189 Å². The number of carbonyl (C=O) groups excluding carboxylic acids is 1. The molecule has 6 nitrogen and oxygen atoms in total. The molecule has 2 heterocycles. The van der Waals surface area contributed by atoms with Crippen LogP contribution < -0.4 is 5.73 Å². The van der Waals surface area contributed by atoms with E-state index in [0.29, 0.717) is 0 Å². The number of aryl methyl sites for hydroxylation is 1. The normalized spacial score (nSPS) is 20.0. The molecule has 0 bridgehead atoms. The van der Waals surface area contributed by atoms with E-state index in [1.54, 1.807) is 0 Å². The fourth-order valence-corrected chi connectivity index (χ4v) is 5.46. The fourth-order valence-electron chi connectivity index (χ4n) is 5.46. The second-order valence-electron chi connectivity index (χ2n) is 9.61. The lowest BCUT2D eigenvalue weighted by Crippen LogP contribution is -2.42. The van der Waals surface area contributed by atoms with E-state index in [-0.39, 0.29) is 30.4 Å². The number of aliphatic hydroxyl groups excluding tert-OH is 1. The zero-order chi connectivity index (χ0) is 22.4. The molecule has 1 fully saturated rings. The fraction of sp³-hybridized carbons (Fsp3) is 0.462. The molecule has 0 saturated carbocycles. The second-order valence-corrected chi connectivity index (χ2v) is 9.61. The van der Waals surface area contributed by atoms with Crippen LogP contribution in [0, 0.1) is 12.8 Å². The van der Waals surface area contributed by atoms with Crippen molar-refractivity contribution in [3.05, 3.63) is 58.9 Å². The summed E-state index contributed by atoms with van der Waals surface area (Å²) in [6.07, 6.45) is 3.42. The van der Waals surface area contributed by atoms with Crippen LogP contribution >= 0.6 is 0 Å². The largest absolute Gasteiger partial charge is 0.399 e. The number of aromatic nitrogens is 2. The Morgan fingerprint density at radius 1 is 1.16 bits per heavy atom. The van der Waals surface area contributed by atoms with Crippen LogP contribution in [0.25, 0.3) is 11.0 Å². The van der Waals surface area contributed by atoms with E-state index in [4.69, 9.17) is 10.7 Å². The smallest absolute Gasteiger partial charge is 0.226 e. The molecule has 5 rings (SSSR count). The molecular weight excluding hydrogens is 400 g/mol. The minimum atomic E-state index is -0.0215. The average Bonchev–Trinajstić information content (AvgIpc) is 3.39. The van der Waals surface area contributed by atoms with Crippen molar-refractivity contribution >= 4 is 22.6 Å². The zero-order valence-corrected chi connectivity index (χ0v) is 18.9. The van der Waals surface area contributed by atoms with Crippen LogP contribution in [-0.2, 0) is 17.6 Å². The highest BCUT2D eigenvalue weighted by molar-refractivity contribution is 5.81. The van der Waals surface area contributed by atoms with Crippen LogP contribution in [0.2, 0.25) is 0 Å². The Balaban J connectivity index is 1.32. The van der Waals surface area contributed by atoms with Crippen molar-refractivity contribution in [3.8, 4) is 0 Å². The minimum Gasteiger partial charge on any atom is -0.399 e. The molecule has 2 aromatic carbocycles. The molecular formula is C26H32N4O2. The van der Waals surface area contributed by atoms with E-state index >= 15 is 0 Å². The lowest BCUT2D eigenvalue weighted by molar-refractivity contribution is -0.136. The van der Waals surface area contributed by atoms with Gasteiger partial charge in [0.25, 0.3) is 0 Å². The second kappa shape index (κ2) is 8.24. The maximum absolute atomic E-state index is 13.3. The highest BCUT2D eigenvalue weighted by Gasteiger charge is 2.34. The summed E-state index contributed by atoms with van der Waals surface area (Å²) in [4.78, 5) is 20.2. The standard InChI is InChI=1S/C26H32N4O2/c1-16-3-6-24-23(11-16)28-25(17(2)15-31)30(24)22-7-9-29(10-8-22)26(32)20-12-18-4-5-21(27)14-19(18)13-20/h3-6,11,14,17,20,22,31H,7-10,12-13,15,27H2,1-2H3. The number of imidazole rings is 1. The third kappa shape index (κ3) is 3.66. The van der Waals surface area contributed by atoms with Gasteiger partial charge in [0.05, 0.1) is 17.6 Å². The molecule has 1 aromatic heterocycles. The number of likely N-dealkylation sites (tertiary alicyclic amines) is 1. The summed E-state index contributed by atoms with van der Waals surface area (Å²) in [5, 5.41) is 9.80. The molecule has 1 aliphatic heterocycles. The monoisotopic (exact) mass is 432 g/mol. The first-order chi connectivity index (χ1) is 15.4. The number of aliphatic hydroxyl groups is 1. The first-order valence-corrected chi connectivity index (χ1v) is 11.7. The van der Waals surface area contributed by atoms with Gasteiger partial charge in [-0.25, -0.2) is 4.98 Å². The average molecular weight is 433 g/mol. The van der Waals surface area contributed by atoms with Gasteiger partial charge in [-0.3, -0.25) is 4.79 Å². The van der Waals surface area contributed by atoms with Gasteiger partial charge in [-0.1, -0.05) is 19.1 Å². The van der Waals surface area contributed by atoms with Crippen molar-refractivity contribution in [1.29, 1.82) is 0 Å². The van der Waals surface area contributed by atoms with Gasteiger partial charge in [0.15, 0.2) is 0 Å². The Kier molecular flexibility index (Phi) is 5.41. The number of piperidine rings is 1. The highest BCUT2D eigenvalue weighted by Crippen LogP contribution is 2.34. The van der Waals surface area contributed by atoms with E-state index in [1.165, 1.54) is 16.7 Å². The number of hydrogen-bond acceptors (Lipinski definition) is 4. The van der Waals surface area contributed by atoms with E-state index in [1.807, 2.05) is 19.1 Å². The van der Waals surface area contributed by atoms with Crippen LogP contribution in [0.1, 0.15) is 54.2 Å². The number of fused-ring (bicyclic) bond motifs is 2. The van der Waals surface area contributed by atoms with Gasteiger partial charge in [0.1, 0.15) is 5.82 Å². The lowest BCUT2D eigenvalue weighted by Gasteiger charge is -2.35. The quantitative estimate of drug-likeness (QED) is 0.617. The summed E-state index contributed by atoms with van der Waals surface area (Å²) in [5.41, 5.74) is 12.5. The topological polar surface area (TPSA) is 84.4 Å². The van der Waals surface area contributed by atoms with Gasteiger partial charge in [-0.2, -0.15) is 0 Å². The number of benzene rings is 2. The van der Waals surface area contributed by atoms with Crippen LogP contribution in [-0.4, -0.2) is 45.2 Å². The van der Waals surface area contributed by atoms with E-state index < -0.39 is 0 Å². The predicted molar refractivity (Wildman–Crippen MR) is 127 cm³/mol. The zero-order valence-electron chi connectivity index (χ0n) is 18.9. The molecule has 168 valence electrons. The molecule has 3 aromatic rings. The first kappa shape index (κ1) is 21.0. The molecule has 0 spiro atoms. The van der Waals surface area contributed by atoms with Gasteiger partial charge in [-0.15, -0.1) is 0 Å². The summed E-state index contributed by atoms with van der Waals surface area (Å²) in [5.74, 6) is 1.23. The number of carbonyl (C=O) groups is 1. The summed E-state index contributed by atoms with van der Waals surface area (Å²) < 4.78 is 2.33. The van der Waals surface area contributed by atoms with Gasteiger partial charge in [0, 0.05) is 36.7 Å². The number of nitrogens with zero attached hydrogens (tertiary/aromatic N) is 3. The van der Waals surface area contributed by atoms with Crippen molar-refractivity contribution in [3.63, 3.8) is 0 Å². The molecule has 2 aliphatic rings. The Hall–Kier alpha value is -2.86. The molecule has 32 heavy (non-hydrogen) atoms. The predicted octanol–water partition coefficient (Wildman–Crippen LogP) is 3.60. The summed E-state index contributed by atoms with van der Waals surface area (Å²) >= 11 is 0. The number of hydrogen-bond donors (Lipinski definition) is 2. The van der Waals surface area contributed by atoms with Crippen LogP contribution in [0.4, 0.5) is 5.69 Å². The molecule has 3 N–H and O–H groups in total. The number of nitrogens with two attached hydrogens (primary N) is 1. The first-order valence-electron chi connectivity index (χ1n) is 11.7. The van der Waals surface area contributed by atoms with Gasteiger partial charge < -0.3 is 20.3 Å². The van der Waals surface area contributed by atoms with Crippen molar-refractivity contribution in [2.75, 3.05) is 25.4 Å². The highest BCUT2D eigenvalue weighted by atomic mass is 16.3. The van der Waals surface area contributed by atoms with Crippen molar-refractivity contribution < 1.29 is 9.90 Å². The molecule has 6 heteroatoms. The van der Waals surface area contributed by atoms with Gasteiger partial charge >= 0.3 is 0 Å². The van der Waals surface area contributed by atoms with Crippen molar-refractivity contribution in [1.82, 2.24) is 14.5 Å². The number of rotatable bonds is 4. The Morgan fingerprint density at radius 2 is 1.91 bits per heavy atom. The summed E-state index contributed by atoms with van der Waals surface area (Å²) in [7, 11) is 0. The third-order valence-corrected chi connectivity index (χ3v) is 7.24. The van der Waals surface area contributed by atoms with Crippen molar-refractivity contribution in [2.45, 2.75) is 51.5 Å². The van der Waals surface area contributed by atoms with Gasteiger partial charge in [0.2, 0.25) is 5.91 Å². The lowest BCUT2D eigenvalue weighted by atomic mass is 9.99.